The molecular formula is C12H10ClNO3S. The monoisotopic (exact) mass is 283 g/mol. The first-order chi connectivity index (χ1) is 8.56. The summed E-state index contributed by atoms with van der Waals surface area (Å²) in [7, 11) is 0. The van der Waals surface area contributed by atoms with Gasteiger partial charge in [-0.3, -0.25) is 0 Å². The van der Waals surface area contributed by atoms with E-state index < -0.39 is 5.97 Å². The molecule has 2 rings (SSSR count). The number of aromatic carboxylic acids is 1. The van der Waals surface area contributed by atoms with E-state index in [9.17, 15) is 4.79 Å². The summed E-state index contributed by atoms with van der Waals surface area (Å²) >= 11 is 6.87. The summed E-state index contributed by atoms with van der Waals surface area (Å²) in [4.78, 5) is 15.1. The number of rotatable bonds is 4. The molecular weight excluding hydrogens is 274 g/mol. The average molecular weight is 284 g/mol. The van der Waals surface area contributed by atoms with Gasteiger partial charge in [-0.05, 0) is 24.6 Å². The molecule has 0 aliphatic rings. The number of nitrogens with zero attached hydrogens (tertiary/aromatic N) is 1. The molecule has 0 atom stereocenters. The van der Waals surface area contributed by atoms with Gasteiger partial charge < -0.3 is 9.84 Å². The number of hydrogen-bond acceptors (Lipinski definition) is 4. The van der Waals surface area contributed by atoms with Crippen LogP contribution in [0.15, 0.2) is 24.3 Å². The fraction of sp³-hybridized carbons (Fsp3) is 0.167. The van der Waals surface area contributed by atoms with Crippen molar-refractivity contribution in [1.29, 1.82) is 0 Å². The van der Waals surface area contributed by atoms with Gasteiger partial charge in [0, 0.05) is 5.02 Å². The second-order valence-corrected chi connectivity index (χ2v) is 5.23. The largest absolute Gasteiger partial charge is 0.477 e. The Kier molecular flexibility index (Phi) is 3.84. The van der Waals surface area contributed by atoms with Crippen LogP contribution < -0.4 is 4.74 Å². The molecule has 1 heterocycles. The van der Waals surface area contributed by atoms with Crippen molar-refractivity contribution in [2.45, 2.75) is 13.5 Å². The molecule has 6 heteroatoms. The van der Waals surface area contributed by atoms with E-state index in [1.54, 1.807) is 19.1 Å². The Labute approximate surface area is 113 Å². The number of thiazole rings is 1. The second-order valence-electron chi connectivity index (χ2n) is 3.59. The number of carboxylic acid groups (broad SMARTS) is 1. The highest BCUT2D eigenvalue weighted by Crippen LogP contribution is 2.25. The molecule has 0 saturated heterocycles. The minimum absolute atomic E-state index is 0.126. The molecule has 0 saturated carbocycles. The lowest BCUT2D eigenvalue weighted by atomic mass is 10.2. The molecule has 1 aromatic carbocycles. The fourth-order valence-corrected chi connectivity index (χ4v) is 2.20. The van der Waals surface area contributed by atoms with Gasteiger partial charge in [-0.2, -0.15) is 0 Å². The van der Waals surface area contributed by atoms with Crippen LogP contribution in [0.5, 0.6) is 5.88 Å². The van der Waals surface area contributed by atoms with Crippen LogP contribution >= 0.6 is 22.9 Å². The molecule has 2 aromatic rings. The van der Waals surface area contributed by atoms with Crippen molar-refractivity contribution in [1.82, 2.24) is 4.98 Å². The van der Waals surface area contributed by atoms with Crippen LogP contribution in [-0.4, -0.2) is 16.1 Å². The number of halogens is 1. The summed E-state index contributed by atoms with van der Waals surface area (Å²) in [5.74, 6) is -0.855. The summed E-state index contributed by atoms with van der Waals surface area (Å²) in [6.07, 6.45) is 0. The van der Waals surface area contributed by atoms with Crippen molar-refractivity contribution >= 4 is 28.9 Å². The molecule has 94 valence electrons. The average Bonchev–Trinajstić information content (AvgIpc) is 2.70. The molecule has 1 aromatic heterocycles. The van der Waals surface area contributed by atoms with Crippen LogP contribution in [0.25, 0.3) is 0 Å². The van der Waals surface area contributed by atoms with Crippen molar-refractivity contribution in [2.24, 2.45) is 0 Å². The van der Waals surface area contributed by atoms with Gasteiger partial charge >= 0.3 is 5.97 Å². The van der Waals surface area contributed by atoms with Crippen LogP contribution in [-0.2, 0) is 6.61 Å². The third-order valence-corrected chi connectivity index (χ3v) is 3.38. The Balaban J connectivity index is 2.10. The van der Waals surface area contributed by atoms with Gasteiger partial charge in [-0.25, -0.2) is 9.78 Å². The van der Waals surface area contributed by atoms with Gasteiger partial charge in [-0.1, -0.05) is 23.7 Å². The maximum absolute atomic E-state index is 11.0. The first-order valence-electron chi connectivity index (χ1n) is 5.14. The molecule has 4 nitrogen and oxygen atoms in total. The Morgan fingerprint density at radius 3 is 2.72 bits per heavy atom. The molecule has 0 aliphatic heterocycles. The topological polar surface area (TPSA) is 59.4 Å². The highest BCUT2D eigenvalue weighted by molar-refractivity contribution is 7.13. The Hall–Kier alpha value is -1.59. The minimum Gasteiger partial charge on any atom is -0.477 e. The van der Waals surface area contributed by atoms with Crippen molar-refractivity contribution in [3.8, 4) is 5.88 Å². The quantitative estimate of drug-likeness (QED) is 0.934. The normalized spacial score (nSPS) is 10.3. The number of benzene rings is 1. The third kappa shape index (κ3) is 3.00. The molecule has 0 unspecified atom stereocenters. The van der Waals surface area contributed by atoms with Gasteiger partial charge in [0.2, 0.25) is 5.88 Å². The molecule has 18 heavy (non-hydrogen) atoms. The summed E-state index contributed by atoms with van der Waals surface area (Å²) in [5.41, 5.74) is 0.904. The number of hydrogen-bond donors (Lipinski definition) is 1. The SMILES string of the molecule is Cc1nc(OCc2ccc(Cl)cc2)c(C(=O)O)s1. The van der Waals surface area contributed by atoms with Crippen molar-refractivity contribution in [3.63, 3.8) is 0 Å². The molecule has 0 radical (unpaired) electrons. The van der Waals surface area contributed by atoms with E-state index in [1.807, 2.05) is 12.1 Å². The highest BCUT2D eigenvalue weighted by atomic mass is 35.5. The number of ether oxygens (including phenoxy) is 1. The van der Waals surface area contributed by atoms with E-state index in [0.29, 0.717) is 10.0 Å². The lowest BCUT2D eigenvalue weighted by Crippen LogP contribution is -2.01. The number of carbonyl (C=O) groups is 1. The first-order valence-corrected chi connectivity index (χ1v) is 6.33. The fourth-order valence-electron chi connectivity index (χ4n) is 1.37. The van der Waals surface area contributed by atoms with Gasteiger partial charge in [0.25, 0.3) is 0 Å². The molecule has 0 bridgehead atoms. The molecule has 0 spiro atoms. The lowest BCUT2D eigenvalue weighted by Gasteiger charge is -2.04. The summed E-state index contributed by atoms with van der Waals surface area (Å²) < 4.78 is 5.42. The molecule has 0 fully saturated rings. The highest BCUT2D eigenvalue weighted by Gasteiger charge is 2.17. The number of carboxylic acids is 1. The lowest BCUT2D eigenvalue weighted by molar-refractivity contribution is 0.0697. The van der Waals surface area contributed by atoms with E-state index in [1.165, 1.54) is 0 Å². The first kappa shape index (κ1) is 12.9. The Morgan fingerprint density at radius 2 is 2.11 bits per heavy atom. The molecule has 1 N–H and O–H groups in total. The van der Waals surface area contributed by atoms with Crippen LogP contribution in [0.1, 0.15) is 20.2 Å². The zero-order valence-electron chi connectivity index (χ0n) is 9.51. The molecule has 0 aliphatic carbocycles. The maximum Gasteiger partial charge on any atom is 0.351 e. The van der Waals surface area contributed by atoms with E-state index in [4.69, 9.17) is 21.4 Å². The van der Waals surface area contributed by atoms with Crippen LogP contribution in [0.2, 0.25) is 5.02 Å². The third-order valence-electron chi connectivity index (χ3n) is 2.19. The van der Waals surface area contributed by atoms with Gasteiger partial charge in [0.05, 0.1) is 5.01 Å². The Bertz CT molecular complexity index is 565. The second kappa shape index (κ2) is 5.37. The minimum atomic E-state index is -1.02. The standard InChI is InChI=1S/C12H10ClNO3S/c1-7-14-11(10(18-7)12(15)16)17-6-8-2-4-9(13)5-3-8/h2-5H,6H2,1H3,(H,15,16). The van der Waals surface area contributed by atoms with E-state index >= 15 is 0 Å². The summed E-state index contributed by atoms with van der Waals surface area (Å²) in [6, 6.07) is 7.15. The zero-order chi connectivity index (χ0) is 13.1. The molecule has 0 amide bonds. The Morgan fingerprint density at radius 1 is 1.44 bits per heavy atom. The summed E-state index contributed by atoms with van der Waals surface area (Å²) in [5, 5.41) is 10.3. The smallest absolute Gasteiger partial charge is 0.351 e. The predicted octanol–water partition coefficient (Wildman–Crippen LogP) is 3.38. The van der Waals surface area contributed by atoms with Gasteiger partial charge in [0.1, 0.15) is 6.61 Å². The van der Waals surface area contributed by atoms with E-state index in [2.05, 4.69) is 4.98 Å². The zero-order valence-corrected chi connectivity index (χ0v) is 11.1. The van der Waals surface area contributed by atoms with Gasteiger partial charge in [-0.15, -0.1) is 11.3 Å². The van der Waals surface area contributed by atoms with Crippen molar-refractivity contribution < 1.29 is 14.6 Å². The number of aromatic nitrogens is 1. The van der Waals surface area contributed by atoms with Crippen LogP contribution in [0.3, 0.4) is 0 Å². The van der Waals surface area contributed by atoms with Crippen molar-refractivity contribution in [2.75, 3.05) is 0 Å². The summed E-state index contributed by atoms with van der Waals surface area (Å²) in [6.45, 7) is 2.01. The van der Waals surface area contributed by atoms with E-state index in [-0.39, 0.29) is 17.4 Å². The van der Waals surface area contributed by atoms with Crippen molar-refractivity contribution in [3.05, 3.63) is 44.7 Å². The van der Waals surface area contributed by atoms with E-state index in [0.717, 1.165) is 16.9 Å². The van der Waals surface area contributed by atoms with Crippen LogP contribution in [0, 0.1) is 6.92 Å². The van der Waals surface area contributed by atoms with Gasteiger partial charge in [0.15, 0.2) is 4.88 Å². The predicted molar refractivity (Wildman–Crippen MR) is 69.6 cm³/mol. The number of aryl methyl sites for hydroxylation is 1. The maximum atomic E-state index is 11.0. The van der Waals surface area contributed by atoms with Crippen LogP contribution in [0.4, 0.5) is 0 Å².